The first-order valence-corrected chi connectivity index (χ1v) is 9.64. The Morgan fingerprint density at radius 3 is 2.50 bits per heavy atom. The molecule has 0 aliphatic carbocycles. The van der Waals surface area contributed by atoms with E-state index in [-0.39, 0.29) is 17.9 Å². The number of carbonyl (C=O) groups excluding carboxylic acids is 2. The van der Waals surface area contributed by atoms with Crippen molar-refractivity contribution in [2.45, 2.75) is 18.9 Å². The molecule has 0 saturated carbocycles. The van der Waals surface area contributed by atoms with E-state index >= 15 is 0 Å². The molecular weight excluding hydrogens is 360 g/mol. The Morgan fingerprint density at radius 1 is 1.11 bits per heavy atom. The standard InChI is InChI=1S/C20H24N4O4/c25-19(15-5-6-18(21-13-15)22-14-16-3-1-11-27-16)23-7-9-24(10-8-23)20(26)17-4-2-12-28-17/h2,4-6,12-13,16H,1,3,7-11,14H2,(H,21,22). The monoisotopic (exact) mass is 384 g/mol. The molecule has 2 aromatic heterocycles. The molecule has 2 aliphatic rings. The Bertz CT molecular complexity index is 792. The third-order valence-corrected chi connectivity index (χ3v) is 5.13. The van der Waals surface area contributed by atoms with Crippen molar-refractivity contribution in [3.63, 3.8) is 0 Å². The van der Waals surface area contributed by atoms with Gasteiger partial charge in [0.2, 0.25) is 0 Å². The maximum Gasteiger partial charge on any atom is 0.289 e. The molecule has 1 atom stereocenters. The second-order valence-electron chi connectivity index (χ2n) is 7.01. The Hall–Kier alpha value is -2.87. The van der Waals surface area contributed by atoms with E-state index in [4.69, 9.17) is 9.15 Å². The molecule has 4 heterocycles. The summed E-state index contributed by atoms with van der Waals surface area (Å²) >= 11 is 0. The number of pyridine rings is 1. The van der Waals surface area contributed by atoms with Crippen molar-refractivity contribution in [1.82, 2.24) is 14.8 Å². The lowest BCUT2D eigenvalue weighted by atomic mass is 10.2. The average molecular weight is 384 g/mol. The van der Waals surface area contributed by atoms with Gasteiger partial charge in [0, 0.05) is 45.5 Å². The van der Waals surface area contributed by atoms with E-state index in [0.29, 0.717) is 37.5 Å². The van der Waals surface area contributed by atoms with Gasteiger partial charge in [0.05, 0.1) is 17.9 Å². The maximum absolute atomic E-state index is 12.7. The Kier molecular flexibility index (Phi) is 5.57. The largest absolute Gasteiger partial charge is 0.459 e. The predicted octanol–water partition coefficient (Wildman–Crippen LogP) is 1.86. The van der Waals surface area contributed by atoms with Gasteiger partial charge in [-0.05, 0) is 37.1 Å². The lowest BCUT2D eigenvalue weighted by Crippen LogP contribution is -2.50. The second kappa shape index (κ2) is 8.43. The van der Waals surface area contributed by atoms with Gasteiger partial charge in [0.25, 0.3) is 11.8 Å². The van der Waals surface area contributed by atoms with Gasteiger partial charge in [-0.2, -0.15) is 0 Å². The lowest BCUT2D eigenvalue weighted by molar-refractivity contribution is 0.0518. The summed E-state index contributed by atoms with van der Waals surface area (Å²) in [6.07, 6.45) is 5.49. The Morgan fingerprint density at radius 2 is 1.89 bits per heavy atom. The molecule has 1 unspecified atom stereocenters. The van der Waals surface area contributed by atoms with Gasteiger partial charge >= 0.3 is 0 Å². The third kappa shape index (κ3) is 4.17. The van der Waals surface area contributed by atoms with E-state index in [1.54, 1.807) is 34.2 Å². The molecule has 8 heteroatoms. The number of aromatic nitrogens is 1. The summed E-state index contributed by atoms with van der Waals surface area (Å²) in [6.45, 7) is 3.51. The first kappa shape index (κ1) is 18.5. The van der Waals surface area contributed by atoms with E-state index < -0.39 is 0 Å². The number of nitrogens with one attached hydrogen (secondary N) is 1. The predicted molar refractivity (Wildman–Crippen MR) is 102 cm³/mol. The number of amides is 2. The van der Waals surface area contributed by atoms with Crippen LogP contribution in [0.4, 0.5) is 5.82 Å². The van der Waals surface area contributed by atoms with Crippen LogP contribution in [0.2, 0.25) is 0 Å². The molecule has 28 heavy (non-hydrogen) atoms. The topological polar surface area (TPSA) is 87.9 Å². The highest BCUT2D eigenvalue weighted by Gasteiger charge is 2.26. The summed E-state index contributed by atoms with van der Waals surface area (Å²) in [5.74, 6) is 0.861. The van der Waals surface area contributed by atoms with Crippen LogP contribution in [0.25, 0.3) is 0 Å². The number of ether oxygens (including phenoxy) is 1. The first-order valence-electron chi connectivity index (χ1n) is 9.64. The lowest BCUT2D eigenvalue weighted by Gasteiger charge is -2.34. The van der Waals surface area contributed by atoms with Crippen molar-refractivity contribution in [3.05, 3.63) is 48.0 Å². The summed E-state index contributed by atoms with van der Waals surface area (Å²) in [4.78, 5) is 32.8. The van der Waals surface area contributed by atoms with E-state index in [2.05, 4.69) is 10.3 Å². The zero-order chi connectivity index (χ0) is 19.3. The van der Waals surface area contributed by atoms with Crippen LogP contribution in [0.3, 0.4) is 0 Å². The molecule has 2 aliphatic heterocycles. The first-order chi connectivity index (χ1) is 13.7. The molecule has 8 nitrogen and oxygen atoms in total. The van der Waals surface area contributed by atoms with Crippen molar-refractivity contribution in [2.24, 2.45) is 0 Å². The fourth-order valence-corrected chi connectivity index (χ4v) is 3.50. The van der Waals surface area contributed by atoms with Crippen LogP contribution in [-0.4, -0.2) is 72.0 Å². The number of nitrogens with zero attached hydrogens (tertiary/aromatic N) is 3. The van der Waals surface area contributed by atoms with E-state index in [0.717, 1.165) is 31.8 Å². The summed E-state index contributed by atoms with van der Waals surface area (Å²) in [5, 5.41) is 3.25. The van der Waals surface area contributed by atoms with Gasteiger partial charge in [-0.3, -0.25) is 9.59 Å². The third-order valence-electron chi connectivity index (χ3n) is 5.13. The van der Waals surface area contributed by atoms with E-state index in [9.17, 15) is 9.59 Å². The Balaban J connectivity index is 1.28. The minimum Gasteiger partial charge on any atom is -0.459 e. The smallest absolute Gasteiger partial charge is 0.289 e. The van der Waals surface area contributed by atoms with Crippen molar-refractivity contribution in [2.75, 3.05) is 44.6 Å². The summed E-state index contributed by atoms with van der Waals surface area (Å²) in [5.41, 5.74) is 0.550. The quantitative estimate of drug-likeness (QED) is 0.847. The van der Waals surface area contributed by atoms with Crippen molar-refractivity contribution in [3.8, 4) is 0 Å². The normalized spacial score (nSPS) is 19.6. The minimum atomic E-state index is -0.138. The SMILES string of the molecule is O=C(c1ccc(NCC2CCCO2)nc1)N1CCN(C(=O)c2ccco2)CC1. The molecule has 2 fully saturated rings. The van der Waals surface area contributed by atoms with Gasteiger partial charge in [-0.15, -0.1) is 0 Å². The molecule has 2 saturated heterocycles. The second-order valence-corrected chi connectivity index (χ2v) is 7.01. The number of anilines is 1. The Labute approximate surface area is 163 Å². The van der Waals surface area contributed by atoms with Crippen LogP contribution in [0.1, 0.15) is 33.8 Å². The van der Waals surface area contributed by atoms with Crippen molar-refractivity contribution in [1.29, 1.82) is 0 Å². The molecule has 1 N–H and O–H groups in total. The molecule has 148 valence electrons. The maximum atomic E-state index is 12.7. The van der Waals surface area contributed by atoms with Crippen LogP contribution in [-0.2, 0) is 4.74 Å². The zero-order valence-corrected chi connectivity index (χ0v) is 15.7. The van der Waals surface area contributed by atoms with Crippen LogP contribution < -0.4 is 5.32 Å². The number of carbonyl (C=O) groups is 2. The van der Waals surface area contributed by atoms with Gasteiger partial charge in [-0.1, -0.05) is 0 Å². The van der Waals surface area contributed by atoms with Crippen molar-refractivity contribution < 1.29 is 18.7 Å². The van der Waals surface area contributed by atoms with Gasteiger partial charge in [0.15, 0.2) is 5.76 Å². The van der Waals surface area contributed by atoms with Crippen LogP contribution >= 0.6 is 0 Å². The fourth-order valence-electron chi connectivity index (χ4n) is 3.50. The molecule has 0 aromatic carbocycles. The molecule has 2 amide bonds. The highest BCUT2D eigenvalue weighted by molar-refractivity contribution is 5.95. The number of rotatable bonds is 5. The number of furan rings is 1. The number of piperazine rings is 1. The molecule has 4 rings (SSSR count). The zero-order valence-electron chi connectivity index (χ0n) is 15.7. The molecule has 0 bridgehead atoms. The fraction of sp³-hybridized carbons (Fsp3) is 0.450. The van der Waals surface area contributed by atoms with Gasteiger partial charge in [-0.25, -0.2) is 4.98 Å². The minimum absolute atomic E-state index is 0.0664. The average Bonchev–Trinajstić information content (AvgIpc) is 3.46. The van der Waals surface area contributed by atoms with Crippen molar-refractivity contribution >= 4 is 17.6 Å². The van der Waals surface area contributed by atoms with E-state index in [1.807, 2.05) is 6.07 Å². The van der Waals surface area contributed by atoms with Gasteiger partial charge < -0.3 is 24.3 Å². The van der Waals surface area contributed by atoms with Gasteiger partial charge in [0.1, 0.15) is 5.82 Å². The van der Waals surface area contributed by atoms with E-state index in [1.165, 1.54) is 6.26 Å². The molecular formula is C20H24N4O4. The van der Waals surface area contributed by atoms with Crippen LogP contribution in [0, 0.1) is 0 Å². The highest BCUT2D eigenvalue weighted by Crippen LogP contribution is 2.15. The van der Waals surface area contributed by atoms with Crippen LogP contribution in [0.15, 0.2) is 41.1 Å². The number of hydrogen-bond donors (Lipinski definition) is 1. The summed E-state index contributed by atoms with van der Waals surface area (Å²) in [7, 11) is 0. The molecule has 2 aromatic rings. The molecule has 0 spiro atoms. The highest BCUT2D eigenvalue weighted by atomic mass is 16.5. The molecule has 0 radical (unpaired) electrons. The van der Waals surface area contributed by atoms with Crippen LogP contribution in [0.5, 0.6) is 0 Å². The summed E-state index contributed by atoms with van der Waals surface area (Å²) in [6, 6.07) is 6.95. The number of hydrogen-bond acceptors (Lipinski definition) is 6. The summed E-state index contributed by atoms with van der Waals surface area (Å²) < 4.78 is 10.7.